The van der Waals surface area contributed by atoms with Crippen LogP contribution >= 0.6 is 0 Å². The zero-order valence-corrected chi connectivity index (χ0v) is 47.4. The lowest BCUT2D eigenvalue weighted by Crippen LogP contribution is -2.10. The largest absolute Gasteiger partial charge is 0.497 e. The molecule has 412 valence electrons. The van der Waals surface area contributed by atoms with E-state index in [1.165, 1.54) is 66.8 Å². The number of methoxy groups -OCH3 is 12. The predicted molar refractivity (Wildman–Crippen MR) is 308 cm³/mol. The van der Waals surface area contributed by atoms with Gasteiger partial charge in [-0.3, -0.25) is 0 Å². The molecular formula is C68H68O12. The Morgan fingerprint density at radius 1 is 0.200 bits per heavy atom. The number of benzene rings is 8. The maximum atomic E-state index is 6.04. The van der Waals surface area contributed by atoms with Gasteiger partial charge in [-0.2, -0.15) is 0 Å². The minimum absolute atomic E-state index is 0.0329. The molecule has 0 fully saturated rings. The highest BCUT2D eigenvalue weighted by molar-refractivity contribution is 5.71. The second kappa shape index (κ2) is 22.2. The SMILES string of the molecule is COc1ccc([C@H]2c3c(OC)cc(OC)cc3[C@@H]3[C@@H](c4ccc(OC)cc4)c4c(OC)cc(OC)cc4[C@H]23)cc1.COc1ccc([C@H]2c3c(OC)cc(OC)cc3[C@@H]3[C@@H](c4ccc(OC)cc4)c4c(OC)cc(OC)cc4[C@H]23)cc1. The van der Waals surface area contributed by atoms with Gasteiger partial charge in [-0.05, 0) is 117 Å². The van der Waals surface area contributed by atoms with Crippen LogP contribution in [0.1, 0.15) is 114 Å². The molecule has 0 spiro atoms. The summed E-state index contributed by atoms with van der Waals surface area (Å²) < 4.78 is 69.2. The van der Waals surface area contributed by atoms with Crippen LogP contribution in [0.5, 0.6) is 69.0 Å². The van der Waals surface area contributed by atoms with Gasteiger partial charge >= 0.3 is 0 Å². The average Bonchev–Trinajstić information content (AvgIpc) is 4.36. The van der Waals surface area contributed by atoms with Gasteiger partial charge in [-0.15, -0.1) is 0 Å². The molecule has 8 aromatic rings. The predicted octanol–water partition coefficient (Wildman–Crippen LogP) is 13.8. The van der Waals surface area contributed by atoms with Gasteiger partial charge in [-0.25, -0.2) is 0 Å². The van der Waals surface area contributed by atoms with Gasteiger partial charge in [0.1, 0.15) is 69.0 Å². The number of fused-ring (bicyclic) bond motifs is 10. The molecule has 0 unspecified atom stereocenters. The number of rotatable bonds is 16. The van der Waals surface area contributed by atoms with Crippen LogP contribution in [0.15, 0.2) is 146 Å². The summed E-state index contributed by atoms with van der Waals surface area (Å²) >= 11 is 0. The fourth-order valence-electron chi connectivity index (χ4n) is 13.8. The van der Waals surface area contributed by atoms with Crippen LogP contribution in [0, 0.1) is 0 Å². The highest BCUT2D eigenvalue weighted by Gasteiger charge is 2.56. The molecule has 12 heteroatoms. The van der Waals surface area contributed by atoms with E-state index in [-0.39, 0.29) is 47.3 Å². The molecule has 0 heterocycles. The van der Waals surface area contributed by atoms with E-state index in [0.29, 0.717) is 0 Å². The summed E-state index contributed by atoms with van der Waals surface area (Å²) in [6.07, 6.45) is 0. The molecule has 12 rings (SSSR count). The number of ether oxygens (including phenoxy) is 12. The molecule has 80 heavy (non-hydrogen) atoms. The first kappa shape index (κ1) is 53.4. The van der Waals surface area contributed by atoms with Crippen molar-refractivity contribution >= 4 is 0 Å². The molecule has 0 aromatic heterocycles. The summed E-state index contributed by atoms with van der Waals surface area (Å²) in [5.41, 5.74) is 14.4. The van der Waals surface area contributed by atoms with Gasteiger partial charge in [0.2, 0.25) is 0 Å². The minimum Gasteiger partial charge on any atom is -0.497 e. The molecule has 4 aliphatic carbocycles. The molecule has 0 radical (unpaired) electrons. The Balaban J connectivity index is 0.000000169. The van der Waals surface area contributed by atoms with Crippen LogP contribution in [0.4, 0.5) is 0 Å². The standard InChI is InChI=1S/2C34H34O6/c2*1-35-21-11-7-19(8-12-21)29-31-25(15-23(37-3)17-27(31)39-5)34-30(20-9-13-22(36-2)14-10-20)32-26(33(29)34)16-24(38-4)18-28(32)40-6/h2*7-18,29-30,33-34H,1-6H3/t2*29-,30-,33+,34+/m00/s1. The second-order valence-corrected chi connectivity index (χ2v) is 20.4. The first-order valence-electron chi connectivity index (χ1n) is 26.7. The molecular weight excluding hydrogens is 1010 g/mol. The summed E-state index contributed by atoms with van der Waals surface area (Å²) in [5, 5.41) is 0. The molecule has 0 saturated heterocycles. The van der Waals surface area contributed by atoms with E-state index >= 15 is 0 Å². The highest BCUT2D eigenvalue weighted by Crippen LogP contribution is 2.71. The lowest BCUT2D eigenvalue weighted by atomic mass is 9.79. The Kier molecular flexibility index (Phi) is 14.8. The molecule has 4 aliphatic rings. The molecule has 12 nitrogen and oxygen atoms in total. The van der Waals surface area contributed by atoms with Crippen molar-refractivity contribution < 1.29 is 56.8 Å². The van der Waals surface area contributed by atoms with Crippen LogP contribution in [-0.2, 0) is 0 Å². The van der Waals surface area contributed by atoms with E-state index in [1.807, 2.05) is 72.8 Å². The lowest BCUT2D eigenvalue weighted by molar-refractivity contribution is 0.388. The molecule has 0 bridgehead atoms. The van der Waals surface area contributed by atoms with E-state index < -0.39 is 0 Å². The van der Waals surface area contributed by atoms with E-state index in [1.54, 1.807) is 85.3 Å². The molecule has 0 amide bonds. The topological polar surface area (TPSA) is 111 Å². The van der Waals surface area contributed by atoms with Crippen LogP contribution in [-0.4, -0.2) is 85.3 Å². The molecule has 8 atom stereocenters. The van der Waals surface area contributed by atoms with Crippen molar-refractivity contribution in [1.82, 2.24) is 0 Å². The summed E-state index contributed by atoms with van der Waals surface area (Å²) in [6.45, 7) is 0. The zero-order valence-electron chi connectivity index (χ0n) is 47.4. The lowest BCUT2D eigenvalue weighted by Gasteiger charge is -2.24. The number of hydrogen-bond acceptors (Lipinski definition) is 12. The van der Waals surface area contributed by atoms with Gasteiger partial charge < -0.3 is 56.8 Å². The van der Waals surface area contributed by atoms with E-state index in [2.05, 4.69) is 72.8 Å². The van der Waals surface area contributed by atoms with Crippen LogP contribution in [0.25, 0.3) is 0 Å². The fraction of sp³-hybridized carbons (Fsp3) is 0.294. The van der Waals surface area contributed by atoms with Crippen molar-refractivity contribution in [3.8, 4) is 69.0 Å². The molecule has 8 aromatic carbocycles. The second-order valence-electron chi connectivity index (χ2n) is 20.4. The zero-order chi connectivity index (χ0) is 55.9. The van der Waals surface area contributed by atoms with Crippen molar-refractivity contribution in [2.24, 2.45) is 0 Å². The van der Waals surface area contributed by atoms with Gasteiger partial charge in [0, 0.05) is 93.9 Å². The third kappa shape index (κ3) is 8.85. The van der Waals surface area contributed by atoms with Crippen molar-refractivity contribution in [1.29, 1.82) is 0 Å². The maximum Gasteiger partial charge on any atom is 0.126 e. The third-order valence-corrected chi connectivity index (χ3v) is 17.2. The molecule has 0 saturated carbocycles. The van der Waals surface area contributed by atoms with Crippen molar-refractivity contribution in [2.75, 3.05) is 85.3 Å². The Hall–Kier alpha value is -8.64. The normalized spacial score (nSPS) is 20.2. The Bertz CT molecular complexity index is 3050. The van der Waals surface area contributed by atoms with Crippen LogP contribution < -0.4 is 56.8 Å². The van der Waals surface area contributed by atoms with E-state index in [4.69, 9.17) is 56.8 Å². The minimum atomic E-state index is 0.0329. The third-order valence-electron chi connectivity index (χ3n) is 17.2. The molecule has 0 aliphatic heterocycles. The first-order chi connectivity index (χ1) is 39.1. The van der Waals surface area contributed by atoms with Gasteiger partial charge in [0.05, 0.1) is 85.3 Å². The maximum absolute atomic E-state index is 6.04. The Labute approximate surface area is 468 Å². The summed E-state index contributed by atoms with van der Waals surface area (Å²) in [4.78, 5) is 0. The van der Waals surface area contributed by atoms with Crippen molar-refractivity contribution in [3.05, 3.63) is 212 Å². The number of hydrogen-bond donors (Lipinski definition) is 0. The smallest absolute Gasteiger partial charge is 0.126 e. The Morgan fingerprint density at radius 3 is 0.525 bits per heavy atom. The first-order valence-corrected chi connectivity index (χ1v) is 26.7. The Morgan fingerprint density at radius 2 is 0.375 bits per heavy atom. The van der Waals surface area contributed by atoms with Crippen LogP contribution in [0.2, 0.25) is 0 Å². The van der Waals surface area contributed by atoms with Crippen molar-refractivity contribution in [2.45, 2.75) is 47.3 Å². The summed E-state index contributed by atoms with van der Waals surface area (Å²) in [5.74, 6) is 10.3. The van der Waals surface area contributed by atoms with Gasteiger partial charge in [-0.1, -0.05) is 48.5 Å². The van der Waals surface area contributed by atoms with Crippen molar-refractivity contribution in [3.63, 3.8) is 0 Å². The summed E-state index contributed by atoms with van der Waals surface area (Å²) in [7, 11) is 20.5. The average molecular weight is 1080 g/mol. The van der Waals surface area contributed by atoms with E-state index in [9.17, 15) is 0 Å². The monoisotopic (exact) mass is 1080 g/mol. The highest BCUT2D eigenvalue weighted by atomic mass is 16.5. The molecule has 0 N–H and O–H groups in total. The van der Waals surface area contributed by atoms with Crippen LogP contribution in [0.3, 0.4) is 0 Å². The summed E-state index contributed by atoms with van der Waals surface area (Å²) in [6, 6.07) is 50.3. The fourth-order valence-corrected chi connectivity index (χ4v) is 13.8. The van der Waals surface area contributed by atoms with Gasteiger partial charge in [0.25, 0.3) is 0 Å². The van der Waals surface area contributed by atoms with E-state index in [0.717, 1.165) is 69.0 Å². The van der Waals surface area contributed by atoms with Gasteiger partial charge in [0.15, 0.2) is 0 Å². The quantitative estimate of drug-likeness (QED) is 0.0918.